The van der Waals surface area contributed by atoms with E-state index in [1.54, 1.807) is 5.32 Å². The summed E-state index contributed by atoms with van der Waals surface area (Å²) in [6.45, 7) is 0. The number of hydrogen-bond acceptors (Lipinski definition) is 4. The zero-order valence-corrected chi connectivity index (χ0v) is 4.24. The van der Waals surface area contributed by atoms with Crippen molar-refractivity contribution in [3.8, 4) is 0 Å². The van der Waals surface area contributed by atoms with Crippen LogP contribution in [0.1, 0.15) is 0 Å². The highest BCUT2D eigenvalue weighted by molar-refractivity contribution is 6.02. The second-order valence-corrected chi connectivity index (χ2v) is 1.51. The minimum Gasteiger partial charge on any atom is -0.364 e. The molecule has 1 rings (SSSR count). The summed E-state index contributed by atoms with van der Waals surface area (Å²) >= 11 is 0. The van der Waals surface area contributed by atoms with Gasteiger partial charge >= 0.3 is 6.03 Å². The number of aliphatic hydroxyl groups excluding tert-OH is 1. The molecule has 0 radical (unpaired) electrons. The maximum absolute atomic E-state index is 10.2. The van der Waals surface area contributed by atoms with Gasteiger partial charge in [-0.2, -0.15) is 5.06 Å². The van der Waals surface area contributed by atoms with Crippen molar-refractivity contribution in [3.63, 3.8) is 0 Å². The van der Waals surface area contributed by atoms with E-state index in [0.29, 0.717) is 0 Å². The number of aliphatic hydroxyl groups is 1. The Morgan fingerprint density at radius 3 is 2.22 bits per heavy atom. The molecule has 0 aromatic carbocycles. The van der Waals surface area contributed by atoms with Crippen LogP contribution < -0.4 is 5.32 Å². The van der Waals surface area contributed by atoms with Gasteiger partial charge in [0, 0.05) is 0 Å². The highest BCUT2D eigenvalue weighted by atomic mass is 16.6. The first-order chi connectivity index (χ1) is 4.13. The molecular formula is C3H4N2O4. The number of carbonyl (C=O) groups is 2. The Morgan fingerprint density at radius 2 is 2.11 bits per heavy atom. The topological polar surface area (TPSA) is 89.9 Å². The van der Waals surface area contributed by atoms with E-state index in [1.165, 1.54) is 0 Å². The quantitative estimate of drug-likeness (QED) is 0.269. The lowest BCUT2D eigenvalue weighted by Gasteiger charge is -2.05. The average Bonchev–Trinajstić information content (AvgIpc) is 1.98. The molecule has 0 saturated carbocycles. The number of rotatable bonds is 0. The summed E-state index contributed by atoms with van der Waals surface area (Å²) in [6, 6.07) is -1.01. The Bertz CT molecular complexity index is 149. The summed E-state index contributed by atoms with van der Waals surface area (Å²) in [5.41, 5.74) is 0. The monoisotopic (exact) mass is 132 g/mol. The predicted octanol–water partition coefficient (Wildman–Crippen LogP) is -1.75. The number of carbonyl (C=O) groups excluding carboxylic acids is 2. The Hall–Kier alpha value is -1.14. The molecule has 1 heterocycles. The third-order valence-corrected chi connectivity index (χ3v) is 0.904. The first-order valence-corrected chi connectivity index (χ1v) is 2.14. The maximum atomic E-state index is 10.2. The Morgan fingerprint density at radius 1 is 1.56 bits per heavy atom. The van der Waals surface area contributed by atoms with Crippen molar-refractivity contribution in [1.29, 1.82) is 0 Å². The third-order valence-electron chi connectivity index (χ3n) is 0.904. The smallest absolute Gasteiger partial charge is 0.350 e. The van der Waals surface area contributed by atoms with Gasteiger partial charge in [-0.15, -0.1) is 0 Å². The molecule has 0 bridgehead atoms. The Kier molecular flexibility index (Phi) is 1.11. The summed E-state index contributed by atoms with van der Waals surface area (Å²) in [4.78, 5) is 20.4. The molecule has 0 aliphatic carbocycles. The van der Waals surface area contributed by atoms with Crippen LogP contribution in [0.25, 0.3) is 0 Å². The summed E-state index contributed by atoms with van der Waals surface area (Å²) in [5, 5.41) is 18.5. The van der Waals surface area contributed by atoms with E-state index >= 15 is 0 Å². The van der Waals surface area contributed by atoms with Crippen molar-refractivity contribution in [1.82, 2.24) is 10.4 Å². The highest BCUT2D eigenvalue weighted by Crippen LogP contribution is 1.99. The molecule has 6 nitrogen and oxygen atoms in total. The molecule has 6 heteroatoms. The fourth-order valence-corrected chi connectivity index (χ4v) is 0.449. The second-order valence-electron chi connectivity index (χ2n) is 1.51. The van der Waals surface area contributed by atoms with Crippen LogP contribution in [0.15, 0.2) is 0 Å². The van der Waals surface area contributed by atoms with Gasteiger partial charge < -0.3 is 5.11 Å². The minimum atomic E-state index is -1.75. The van der Waals surface area contributed by atoms with E-state index in [4.69, 9.17) is 10.3 Å². The number of hydrogen-bond donors (Lipinski definition) is 3. The molecule has 1 saturated heterocycles. The molecule has 3 amide bonds. The van der Waals surface area contributed by atoms with Crippen LogP contribution in [0.4, 0.5) is 4.79 Å². The standard InChI is InChI=1S/C3H4N2O4/c6-1-2(7)5(9)3(8)4-1/h2,7,9H,(H,4,6,8). The number of nitrogens with zero attached hydrogens (tertiary/aromatic N) is 1. The first-order valence-electron chi connectivity index (χ1n) is 2.14. The van der Waals surface area contributed by atoms with Gasteiger partial charge in [0.05, 0.1) is 0 Å². The lowest BCUT2D eigenvalue weighted by molar-refractivity contribution is -0.157. The Balaban J connectivity index is 2.77. The summed E-state index contributed by atoms with van der Waals surface area (Å²) < 4.78 is 0. The van der Waals surface area contributed by atoms with E-state index < -0.39 is 18.2 Å². The molecule has 1 fully saturated rings. The van der Waals surface area contributed by atoms with Crippen molar-refractivity contribution in [2.75, 3.05) is 0 Å². The minimum absolute atomic E-state index is 0.0810. The molecule has 1 aliphatic heterocycles. The van der Waals surface area contributed by atoms with Crippen molar-refractivity contribution < 1.29 is 19.9 Å². The number of imide groups is 1. The molecule has 50 valence electrons. The van der Waals surface area contributed by atoms with Crippen LogP contribution in [0.5, 0.6) is 0 Å². The maximum Gasteiger partial charge on any atom is 0.350 e. The van der Waals surface area contributed by atoms with Gasteiger partial charge in [0.25, 0.3) is 5.91 Å². The van der Waals surface area contributed by atoms with Gasteiger partial charge in [0.2, 0.25) is 6.23 Å². The van der Waals surface area contributed by atoms with Gasteiger partial charge in [0.1, 0.15) is 0 Å². The number of urea groups is 1. The largest absolute Gasteiger partial charge is 0.364 e. The highest BCUT2D eigenvalue weighted by Gasteiger charge is 2.35. The molecule has 0 aromatic heterocycles. The van der Waals surface area contributed by atoms with Crippen LogP contribution in [0.3, 0.4) is 0 Å². The average molecular weight is 132 g/mol. The third kappa shape index (κ3) is 0.734. The van der Waals surface area contributed by atoms with Crippen molar-refractivity contribution in [2.24, 2.45) is 0 Å². The van der Waals surface area contributed by atoms with E-state index in [1.807, 2.05) is 0 Å². The van der Waals surface area contributed by atoms with Crippen LogP contribution in [-0.4, -0.2) is 33.5 Å². The summed E-state index contributed by atoms with van der Waals surface area (Å²) in [5.74, 6) is -0.914. The van der Waals surface area contributed by atoms with Crippen LogP contribution in [0, 0.1) is 0 Å². The van der Waals surface area contributed by atoms with E-state index in [9.17, 15) is 9.59 Å². The van der Waals surface area contributed by atoms with Gasteiger partial charge in [-0.25, -0.2) is 4.79 Å². The molecular weight excluding hydrogens is 128 g/mol. The van der Waals surface area contributed by atoms with Crippen LogP contribution >= 0.6 is 0 Å². The number of hydroxylamine groups is 2. The van der Waals surface area contributed by atoms with E-state index in [0.717, 1.165) is 0 Å². The normalized spacial score (nSPS) is 26.9. The molecule has 3 N–H and O–H groups in total. The first kappa shape index (κ1) is 5.99. The van der Waals surface area contributed by atoms with E-state index in [-0.39, 0.29) is 5.06 Å². The summed E-state index contributed by atoms with van der Waals surface area (Å²) in [6.07, 6.45) is -1.75. The van der Waals surface area contributed by atoms with E-state index in [2.05, 4.69) is 0 Å². The Labute approximate surface area is 49.6 Å². The van der Waals surface area contributed by atoms with Crippen molar-refractivity contribution in [2.45, 2.75) is 6.23 Å². The van der Waals surface area contributed by atoms with Gasteiger partial charge in [-0.1, -0.05) is 0 Å². The number of nitrogens with one attached hydrogen (secondary N) is 1. The molecule has 1 atom stereocenters. The van der Waals surface area contributed by atoms with Crippen LogP contribution in [0.2, 0.25) is 0 Å². The van der Waals surface area contributed by atoms with Crippen LogP contribution in [-0.2, 0) is 4.79 Å². The second kappa shape index (κ2) is 1.67. The molecule has 0 aromatic rings. The molecule has 0 spiro atoms. The lowest BCUT2D eigenvalue weighted by atomic mass is 10.6. The SMILES string of the molecule is O=C1NC(=O)N(O)C1O. The molecule has 9 heavy (non-hydrogen) atoms. The van der Waals surface area contributed by atoms with Gasteiger partial charge in [0.15, 0.2) is 0 Å². The molecule has 1 aliphatic rings. The predicted molar refractivity (Wildman–Crippen MR) is 23.2 cm³/mol. The zero-order chi connectivity index (χ0) is 7.02. The lowest BCUT2D eigenvalue weighted by Crippen LogP contribution is -2.31. The number of amides is 3. The zero-order valence-electron chi connectivity index (χ0n) is 4.24. The van der Waals surface area contributed by atoms with Gasteiger partial charge in [-0.05, 0) is 0 Å². The molecule has 1 unspecified atom stereocenters. The van der Waals surface area contributed by atoms with Crippen molar-refractivity contribution in [3.05, 3.63) is 0 Å². The van der Waals surface area contributed by atoms with Gasteiger partial charge in [-0.3, -0.25) is 15.3 Å². The fourth-order valence-electron chi connectivity index (χ4n) is 0.449. The summed E-state index contributed by atoms with van der Waals surface area (Å²) in [7, 11) is 0. The van der Waals surface area contributed by atoms with Crippen molar-refractivity contribution >= 4 is 11.9 Å². The fraction of sp³-hybridized carbons (Fsp3) is 0.333.